The van der Waals surface area contributed by atoms with E-state index in [1.807, 2.05) is 0 Å². The topological polar surface area (TPSA) is 20.2 Å². The largest absolute Gasteiger partial charge is 0.392 e. The van der Waals surface area contributed by atoms with Gasteiger partial charge in [-0.3, -0.25) is 0 Å². The molecule has 2 rings (SSSR count). The average molecular weight is 196 g/mol. The highest BCUT2D eigenvalue weighted by Gasteiger charge is 2.58. The fourth-order valence-corrected chi connectivity index (χ4v) is 4.15. The van der Waals surface area contributed by atoms with E-state index in [0.29, 0.717) is 11.3 Å². The number of aliphatic hydroxyl groups excluding tert-OH is 1. The Bertz CT molecular complexity index is 195. The zero-order valence-corrected chi connectivity index (χ0v) is 9.63. The Balaban J connectivity index is 2.13. The van der Waals surface area contributed by atoms with Crippen LogP contribution in [0.15, 0.2) is 0 Å². The lowest BCUT2D eigenvalue weighted by Gasteiger charge is -2.59. The summed E-state index contributed by atoms with van der Waals surface area (Å²) in [7, 11) is 0. The molecular weight excluding hydrogens is 172 g/mol. The molecule has 0 aromatic rings. The third kappa shape index (κ3) is 1.25. The van der Waals surface area contributed by atoms with Crippen molar-refractivity contribution >= 4 is 0 Å². The maximum absolute atomic E-state index is 10.3. The Morgan fingerprint density at radius 3 is 2.36 bits per heavy atom. The molecule has 0 bridgehead atoms. The quantitative estimate of drug-likeness (QED) is 0.718. The molecule has 2 fully saturated rings. The minimum absolute atomic E-state index is 0.0144. The molecular formula is C13H24O. The number of hydrogen-bond donors (Lipinski definition) is 1. The third-order valence-electron chi connectivity index (χ3n) is 5.12. The Morgan fingerprint density at radius 2 is 1.71 bits per heavy atom. The van der Waals surface area contributed by atoms with Gasteiger partial charge in [0.15, 0.2) is 0 Å². The Kier molecular flexibility index (Phi) is 2.88. The van der Waals surface area contributed by atoms with Crippen LogP contribution in [0.5, 0.6) is 0 Å². The van der Waals surface area contributed by atoms with Crippen molar-refractivity contribution in [2.75, 3.05) is 0 Å². The van der Waals surface area contributed by atoms with E-state index >= 15 is 0 Å². The summed E-state index contributed by atoms with van der Waals surface area (Å²) in [5.74, 6) is 1.49. The molecule has 82 valence electrons. The second-order valence-electron chi connectivity index (χ2n) is 5.29. The summed E-state index contributed by atoms with van der Waals surface area (Å²) >= 11 is 0. The first kappa shape index (κ1) is 10.5. The fourth-order valence-electron chi connectivity index (χ4n) is 4.15. The van der Waals surface area contributed by atoms with Crippen LogP contribution < -0.4 is 0 Å². The molecule has 1 nitrogen and oxygen atoms in total. The number of fused-ring (bicyclic) bond motifs is 1. The lowest BCUT2D eigenvalue weighted by molar-refractivity contribution is -0.186. The molecule has 0 saturated heterocycles. The predicted molar refractivity (Wildman–Crippen MR) is 59.1 cm³/mol. The Morgan fingerprint density at radius 1 is 1.07 bits per heavy atom. The first-order valence-corrected chi connectivity index (χ1v) is 6.44. The summed E-state index contributed by atoms with van der Waals surface area (Å²) in [5, 5.41) is 10.3. The van der Waals surface area contributed by atoms with Crippen LogP contribution in [0.4, 0.5) is 0 Å². The van der Waals surface area contributed by atoms with Gasteiger partial charge in [0.1, 0.15) is 0 Å². The lowest BCUT2D eigenvalue weighted by Crippen LogP contribution is -2.59. The fraction of sp³-hybridized carbons (Fsp3) is 1.00. The summed E-state index contributed by atoms with van der Waals surface area (Å²) < 4.78 is 0. The van der Waals surface area contributed by atoms with Crippen LogP contribution in [0.2, 0.25) is 0 Å². The van der Waals surface area contributed by atoms with E-state index in [4.69, 9.17) is 0 Å². The molecule has 1 N–H and O–H groups in total. The van der Waals surface area contributed by atoms with Crippen LogP contribution in [-0.2, 0) is 0 Å². The van der Waals surface area contributed by atoms with E-state index in [1.165, 1.54) is 44.9 Å². The van der Waals surface area contributed by atoms with Gasteiger partial charge in [-0.25, -0.2) is 0 Å². The molecule has 0 spiro atoms. The first-order chi connectivity index (χ1) is 6.76. The molecule has 14 heavy (non-hydrogen) atoms. The minimum Gasteiger partial charge on any atom is -0.392 e. The van der Waals surface area contributed by atoms with Crippen molar-refractivity contribution in [2.24, 2.45) is 17.3 Å². The van der Waals surface area contributed by atoms with Crippen LogP contribution in [-0.4, -0.2) is 11.2 Å². The molecule has 0 aromatic carbocycles. The molecule has 0 aromatic heterocycles. The third-order valence-corrected chi connectivity index (χ3v) is 5.12. The highest BCUT2D eigenvalue weighted by atomic mass is 16.3. The molecule has 0 aliphatic heterocycles. The van der Waals surface area contributed by atoms with Gasteiger partial charge in [0.25, 0.3) is 0 Å². The summed E-state index contributed by atoms with van der Waals surface area (Å²) in [5.41, 5.74) is 0.301. The Labute approximate surface area is 87.9 Å². The summed E-state index contributed by atoms with van der Waals surface area (Å²) in [6, 6.07) is 0. The summed E-state index contributed by atoms with van der Waals surface area (Å²) in [6.07, 6.45) is 9.16. The normalized spacial score (nSPS) is 40.9. The van der Waals surface area contributed by atoms with Crippen molar-refractivity contribution in [1.29, 1.82) is 0 Å². The van der Waals surface area contributed by atoms with Gasteiger partial charge in [-0.1, -0.05) is 33.1 Å². The van der Waals surface area contributed by atoms with Gasteiger partial charge in [-0.05, 0) is 42.9 Å². The maximum Gasteiger partial charge on any atom is 0.0629 e. The van der Waals surface area contributed by atoms with E-state index in [9.17, 15) is 5.11 Å². The molecule has 2 saturated carbocycles. The van der Waals surface area contributed by atoms with Crippen LogP contribution in [0.3, 0.4) is 0 Å². The highest BCUT2D eigenvalue weighted by Crippen LogP contribution is 2.60. The van der Waals surface area contributed by atoms with Gasteiger partial charge in [0.05, 0.1) is 6.10 Å². The highest BCUT2D eigenvalue weighted by molar-refractivity contribution is 5.07. The van der Waals surface area contributed by atoms with E-state index < -0.39 is 0 Å². The van der Waals surface area contributed by atoms with Crippen molar-refractivity contribution in [1.82, 2.24) is 0 Å². The molecule has 1 heteroatoms. The maximum atomic E-state index is 10.3. The molecule has 0 heterocycles. The van der Waals surface area contributed by atoms with Gasteiger partial charge >= 0.3 is 0 Å². The van der Waals surface area contributed by atoms with Gasteiger partial charge < -0.3 is 5.11 Å². The lowest BCUT2D eigenvalue weighted by atomic mass is 9.48. The molecule has 3 atom stereocenters. The monoisotopic (exact) mass is 196 g/mol. The molecule has 0 amide bonds. The molecule has 2 aliphatic rings. The smallest absolute Gasteiger partial charge is 0.0629 e. The van der Waals surface area contributed by atoms with Gasteiger partial charge in [-0.15, -0.1) is 0 Å². The van der Waals surface area contributed by atoms with Crippen molar-refractivity contribution in [3.63, 3.8) is 0 Å². The van der Waals surface area contributed by atoms with Gasteiger partial charge in [0.2, 0.25) is 0 Å². The zero-order chi connectivity index (χ0) is 10.2. The van der Waals surface area contributed by atoms with E-state index in [-0.39, 0.29) is 6.10 Å². The number of rotatable bonds is 2. The standard InChI is InChI=1S/C13H24O/c1-3-13(4-2)11-9-7-5-6-8-10(11)12(13)14/h10-12,14H,3-9H2,1-2H3. The average Bonchev–Trinajstić information content (AvgIpc) is 2.43. The minimum atomic E-state index is 0.0144. The van der Waals surface area contributed by atoms with Crippen LogP contribution in [0.25, 0.3) is 0 Å². The van der Waals surface area contributed by atoms with E-state index in [0.717, 1.165) is 5.92 Å². The van der Waals surface area contributed by atoms with Crippen LogP contribution >= 0.6 is 0 Å². The number of hydrogen-bond acceptors (Lipinski definition) is 1. The second kappa shape index (κ2) is 3.84. The van der Waals surface area contributed by atoms with Gasteiger partial charge in [0, 0.05) is 0 Å². The van der Waals surface area contributed by atoms with Crippen molar-refractivity contribution in [3.05, 3.63) is 0 Å². The number of aliphatic hydroxyl groups is 1. The van der Waals surface area contributed by atoms with Crippen molar-refractivity contribution in [2.45, 2.75) is 64.9 Å². The van der Waals surface area contributed by atoms with Crippen molar-refractivity contribution < 1.29 is 5.11 Å². The molecule has 2 aliphatic carbocycles. The van der Waals surface area contributed by atoms with Gasteiger partial charge in [-0.2, -0.15) is 0 Å². The zero-order valence-electron chi connectivity index (χ0n) is 9.63. The summed E-state index contributed by atoms with van der Waals surface area (Å²) in [6.45, 7) is 4.52. The first-order valence-electron chi connectivity index (χ1n) is 6.44. The van der Waals surface area contributed by atoms with Crippen LogP contribution in [0.1, 0.15) is 58.8 Å². The SMILES string of the molecule is CCC1(CC)C(O)C2CCCCCC21. The van der Waals surface area contributed by atoms with Crippen LogP contribution in [0, 0.1) is 17.3 Å². The Hall–Kier alpha value is -0.0400. The second-order valence-corrected chi connectivity index (χ2v) is 5.29. The predicted octanol–water partition coefficient (Wildman–Crippen LogP) is 3.36. The van der Waals surface area contributed by atoms with E-state index in [1.54, 1.807) is 0 Å². The molecule has 0 radical (unpaired) electrons. The van der Waals surface area contributed by atoms with E-state index in [2.05, 4.69) is 13.8 Å². The summed E-state index contributed by atoms with van der Waals surface area (Å²) in [4.78, 5) is 0. The molecule has 3 unspecified atom stereocenters. The van der Waals surface area contributed by atoms with Crippen molar-refractivity contribution in [3.8, 4) is 0 Å².